The normalized spacial score (nSPS) is 15.3. The number of benzene rings is 1. The van der Waals surface area contributed by atoms with Crippen molar-refractivity contribution in [3.05, 3.63) is 74.7 Å². The van der Waals surface area contributed by atoms with Crippen LogP contribution in [0.1, 0.15) is 44.0 Å². The van der Waals surface area contributed by atoms with E-state index in [4.69, 9.17) is 0 Å². The highest BCUT2D eigenvalue weighted by atomic mass is 32.1. The first-order valence-electron chi connectivity index (χ1n) is 10.0. The van der Waals surface area contributed by atoms with E-state index in [1.807, 2.05) is 25.3 Å². The van der Waals surface area contributed by atoms with E-state index in [9.17, 15) is 9.59 Å². The molecule has 1 aliphatic carbocycles. The highest BCUT2D eigenvalue weighted by molar-refractivity contribution is 7.12. The van der Waals surface area contributed by atoms with Crippen molar-refractivity contribution in [1.29, 1.82) is 0 Å². The van der Waals surface area contributed by atoms with Gasteiger partial charge in [0.1, 0.15) is 0 Å². The molecule has 6 nitrogen and oxygen atoms in total. The first-order valence-corrected chi connectivity index (χ1v) is 10.9. The molecule has 0 aliphatic heterocycles. The lowest BCUT2D eigenvalue weighted by molar-refractivity contribution is -0.121. The fourth-order valence-corrected chi connectivity index (χ4v) is 4.32. The van der Waals surface area contributed by atoms with Crippen molar-refractivity contribution in [3.8, 4) is 0 Å². The van der Waals surface area contributed by atoms with E-state index in [0.717, 1.165) is 40.8 Å². The van der Waals surface area contributed by atoms with Crippen LogP contribution in [0, 0.1) is 13.8 Å². The van der Waals surface area contributed by atoms with E-state index in [1.165, 1.54) is 11.3 Å². The lowest BCUT2D eigenvalue weighted by Gasteiger charge is -2.25. The lowest BCUT2D eigenvalue weighted by Crippen LogP contribution is -2.40. The zero-order chi connectivity index (χ0) is 21.1. The monoisotopic (exact) mass is 420 g/mol. The summed E-state index contributed by atoms with van der Waals surface area (Å²) in [6.45, 7) is 4.07. The van der Waals surface area contributed by atoms with Gasteiger partial charge in [0.15, 0.2) is 0 Å². The van der Waals surface area contributed by atoms with Gasteiger partial charge in [-0.05, 0) is 61.2 Å². The number of carbonyl (C=O) groups is 2. The Hall–Kier alpha value is -3.06. The number of rotatable bonds is 5. The van der Waals surface area contributed by atoms with Crippen LogP contribution in [0.4, 0.5) is 5.95 Å². The van der Waals surface area contributed by atoms with Crippen molar-refractivity contribution in [2.75, 3.05) is 5.32 Å². The lowest BCUT2D eigenvalue weighted by atomic mass is 9.92. The number of aromatic nitrogens is 2. The van der Waals surface area contributed by atoms with Gasteiger partial charge in [-0.3, -0.25) is 14.9 Å². The Morgan fingerprint density at radius 3 is 2.90 bits per heavy atom. The van der Waals surface area contributed by atoms with Gasteiger partial charge in [-0.1, -0.05) is 29.8 Å². The third-order valence-corrected chi connectivity index (χ3v) is 6.21. The van der Waals surface area contributed by atoms with Crippen molar-refractivity contribution in [1.82, 2.24) is 15.3 Å². The summed E-state index contributed by atoms with van der Waals surface area (Å²) in [7, 11) is 0. The fraction of sp³-hybridized carbons (Fsp3) is 0.304. The van der Waals surface area contributed by atoms with E-state index < -0.39 is 0 Å². The number of thiophene rings is 1. The van der Waals surface area contributed by atoms with Crippen LogP contribution < -0.4 is 10.6 Å². The summed E-state index contributed by atoms with van der Waals surface area (Å²) in [5.41, 5.74) is 5.32. The van der Waals surface area contributed by atoms with Crippen LogP contribution >= 0.6 is 11.3 Å². The molecule has 0 radical (unpaired) electrons. The second-order valence-corrected chi connectivity index (χ2v) is 8.66. The molecule has 0 fully saturated rings. The van der Waals surface area contributed by atoms with Crippen molar-refractivity contribution in [2.24, 2.45) is 0 Å². The average molecular weight is 421 g/mol. The van der Waals surface area contributed by atoms with Gasteiger partial charge in [0.2, 0.25) is 11.9 Å². The molecule has 1 aromatic carbocycles. The Kier molecular flexibility index (Phi) is 5.90. The molecular formula is C23H24N4O2S. The Bertz CT molecular complexity index is 1080. The summed E-state index contributed by atoms with van der Waals surface area (Å²) in [6.07, 6.45) is 4.42. The predicted octanol–water partition coefficient (Wildman–Crippen LogP) is 3.62. The number of nitrogens with one attached hydrogen (secondary N) is 2. The number of fused-ring (bicyclic) bond motifs is 1. The first kappa shape index (κ1) is 20.2. The molecular weight excluding hydrogens is 396 g/mol. The minimum Gasteiger partial charge on any atom is -0.353 e. The number of nitrogens with zero attached hydrogens (tertiary/aromatic N) is 2. The maximum absolute atomic E-state index is 12.6. The second-order valence-electron chi connectivity index (χ2n) is 7.71. The van der Waals surface area contributed by atoms with Crippen LogP contribution in [0.25, 0.3) is 0 Å². The quantitative estimate of drug-likeness (QED) is 0.660. The van der Waals surface area contributed by atoms with E-state index in [-0.39, 0.29) is 17.9 Å². The minimum atomic E-state index is -0.197. The summed E-state index contributed by atoms with van der Waals surface area (Å²) in [6, 6.07) is 9.87. The Labute approximate surface area is 179 Å². The molecule has 2 amide bonds. The molecule has 7 heteroatoms. The molecule has 4 rings (SSSR count). The number of hydrogen-bond donors (Lipinski definition) is 2. The topological polar surface area (TPSA) is 84.0 Å². The van der Waals surface area contributed by atoms with Crippen LogP contribution in [0.5, 0.6) is 0 Å². The fourth-order valence-electron chi connectivity index (χ4n) is 3.70. The third kappa shape index (κ3) is 4.74. The van der Waals surface area contributed by atoms with Gasteiger partial charge in [-0.2, -0.15) is 0 Å². The summed E-state index contributed by atoms with van der Waals surface area (Å²) in [4.78, 5) is 34.2. The molecule has 154 valence electrons. The molecule has 1 atom stereocenters. The van der Waals surface area contributed by atoms with Gasteiger partial charge < -0.3 is 5.32 Å². The summed E-state index contributed by atoms with van der Waals surface area (Å²) < 4.78 is 0. The number of amides is 2. The molecule has 2 heterocycles. The number of anilines is 1. The van der Waals surface area contributed by atoms with E-state index in [2.05, 4.69) is 38.8 Å². The van der Waals surface area contributed by atoms with Gasteiger partial charge in [-0.25, -0.2) is 9.97 Å². The van der Waals surface area contributed by atoms with Crippen molar-refractivity contribution in [3.63, 3.8) is 0 Å². The standard InChI is InChI=1S/C23H24N4O2S/c1-14-5-6-15(2)16(10-14)12-21(28)25-18-7-8-19-17(11-18)13-24-23(26-19)27-22(29)20-4-3-9-30-20/h3-6,9-10,13,18H,7-8,11-12H2,1-2H3,(H,25,28)(H,24,26,27,29). The Morgan fingerprint density at radius 1 is 1.23 bits per heavy atom. The maximum atomic E-state index is 12.6. The highest BCUT2D eigenvalue weighted by Gasteiger charge is 2.22. The van der Waals surface area contributed by atoms with Crippen LogP contribution in [0.2, 0.25) is 0 Å². The molecule has 30 heavy (non-hydrogen) atoms. The van der Waals surface area contributed by atoms with Crippen molar-refractivity contribution < 1.29 is 9.59 Å². The summed E-state index contributed by atoms with van der Waals surface area (Å²) >= 11 is 1.38. The van der Waals surface area contributed by atoms with E-state index >= 15 is 0 Å². The Balaban J connectivity index is 1.36. The van der Waals surface area contributed by atoms with Gasteiger partial charge in [0, 0.05) is 17.9 Å². The molecule has 0 saturated heterocycles. The maximum Gasteiger partial charge on any atom is 0.268 e. The van der Waals surface area contributed by atoms with Gasteiger partial charge in [-0.15, -0.1) is 11.3 Å². The van der Waals surface area contributed by atoms with Crippen LogP contribution in [0.3, 0.4) is 0 Å². The summed E-state index contributed by atoms with van der Waals surface area (Å²) in [5.74, 6) is 0.166. The Morgan fingerprint density at radius 2 is 2.10 bits per heavy atom. The van der Waals surface area contributed by atoms with Crippen LogP contribution in [-0.2, 0) is 24.1 Å². The van der Waals surface area contributed by atoms with Crippen LogP contribution in [0.15, 0.2) is 41.9 Å². The molecule has 0 saturated carbocycles. The number of carbonyl (C=O) groups excluding carboxylic acids is 2. The van der Waals surface area contributed by atoms with Gasteiger partial charge in [0.25, 0.3) is 5.91 Å². The second kappa shape index (κ2) is 8.75. The minimum absolute atomic E-state index is 0.0397. The third-order valence-electron chi connectivity index (χ3n) is 5.34. The molecule has 1 unspecified atom stereocenters. The number of hydrogen-bond acceptors (Lipinski definition) is 5. The number of aryl methyl sites for hydroxylation is 3. The zero-order valence-electron chi connectivity index (χ0n) is 17.1. The smallest absolute Gasteiger partial charge is 0.268 e. The molecule has 1 aliphatic rings. The van der Waals surface area contributed by atoms with E-state index in [1.54, 1.807) is 12.3 Å². The average Bonchev–Trinajstić information content (AvgIpc) is 3.26. The van der Waals surface area contributed by atoms with Crippen LogP contribution in [-0.4, -0.2) is 27.8 Å². The van der Waals surface area contributed by atoms with Gasteiger partial charge >= 0.3 is 0 Å². The molecule has 2 N–H and O–H groups in total. The van der Waals surface area contributed by atoms with Gasteiger partial charge in [0.05, 0.1) is 11.3 Å². The zero-order valence-corrected chi connectivity index (χ0v) is 17.9. The highest BCUT2D eigenvalue weighted by Crippen LogP contribution is 2.21. The molecule has 0 spiro atoms. The van der Waals surface area contributed by atoms with Crippen molar-refractivity contribution in [2.45, 2.75) is 45.6 Å². The van der Waals surface area contributed by atoms with E-state index in [0.29, 0.717) is 23.7 Å². The summed E-state index contributed by atoms with van der Waals surface area (Å²) in [5, 5.41) is 7.77. The first-order chi connectivity index (χ1) is 14.5. The SMILES string of the molecule is Cc1ccc(C)c(CC(=O)NC2CCc3nc(NC(=O)c4cccs4)ncc3C2)c1. The predicted molar refractivity (Wildman–Crippen MR) is 118 cm³/mol. The largest absolute Gasteiger partial charge is 0.353 e. The molecule has 0 bridgehead atoms. The molecule has 2 aromatic heterocycles. The molecule has 3 aromatic rings. The van der Waals surface area contributed by atoms with Crippen molar-refractivity contribution >= 4 is 29.1 Å².